The Bertz CT molecular complexity index is 483. The molecule has 6 nitrogen and oxygen atoms in total. The second kappa shape index (κ2) is 6.94. The number of hydrogen-bond acceptors (Lipinski definition) is 4. The normalized spacial score (nSPS) is 27.9. The summed E-state index contributed by atoms with van der Waals surface area (Å²) in [5.41, 5.74) is -2.33. The van der Waals surface area contributed by atoms with Crippen molar-refractivity contribution in [3.8, 4) is 0 Å². The number of carbonyl (C=O) groups excluding carboxylic acids is 1. The summed E-state index contributed by atoms with van der Waals surface area (Å²) in [5.74, 6) is -2.68. The van der Waals surface area contributed by atoms with E-state index >= 15 is 0 Å². The van der Waals surface area contributed by atoms with Gasteiger partial charge in [0.2, 0.25) is 0 Å². The van der Waals surface area contributed by atoms with Crippen molar-refractivity contribution in [1.82, 2.24) is 0 Å². The summed E-state index contributed by atoms with van der Waals surface area (Å²) in [4.78, 5) is 34.8. The molecule has 1 rings (SSSR count). The maximum absolute atomic E-state index is 11.8. The predicted octanol–water partition coefficient (Wildman–Crippen LogP) is 2.62. The quantitative estimate of drug-likeness (QED) is 0.426. The van der Waals surface area contributed by atoms with Gasteiger partial charge in [-0.3, -0.25) is 9.59 Å². The summed E-state index contributed by atoms with van der Waals surface area (Å²) in [6.07, 6.45) is 2.58. The van der Waals surface area contributed by atoms with Gasteiger partial charge in [0.05, 0.1) is 17.4 Å². The van der Waals surface area contributed by atoms with Crippen LogP contribution in [-0.4, -0.2) is 34.7 Å². The number of carbonyl (C=O) groups is 3. The van der Waals surface area contributed by atoms with E-state index in [9.17, 15) is 24.6 Å². The van der Waals surface area contributed by atoms with Crippen molar-refractivity contribution in [3.05, 3.63) is 12.2 Å². The number of ether oxygens (including phenoxy) is 1. The highest BCUT2D eigenvalue weighted by Crippen LogP contribution is 2.53. The molecule has 0 aromatic rings. The summed E-state index contributed by atoms with van der Waals surface area (Å²) in [6.45, 7) is 6.58. The molecule has 124 valence electrons. The van der Waals surface area contributed by atoms with Gasteiger partial charge in [-0.1, -0.05) is 19.4 Å². The zero-order valence-corrected chi connectivity index (χ0v) is 13.2. The van der Waals surface area contributed by atoms with Crippen molar-refractivity contribution in [2.75, 3.05) is 6.61 Å². The van der Waals surface area contributed by atoms with E-state index in [1.54, 1.807) is 0 Å². The van der Waals surface area contributed by atoms with Gasteiger partial charge in [-0.15, -0.1) is 0 Å². The molecule has 0 bridgehead atoms. The van der Waals surface area contributed by atoms with E-state index in [1.807, 2.05) is 0 Å². The van der Waals surface area contributed by atoms with Crippen LogP contribution in [0.1, 0.15) is 52.4 Å². The topological polar surface area (TPSA) is 101 Å². The Labute approximate surface area is 130 Å². The molecule has 0 aromatic carbocycles. The Balaban J connectivity index is 2.82. The lowest BCUT2D eigenvalue weighted by atomic mass is 9.55. The third-order valence-electron chi connectivity index (χ3n) is 4.80. The maximum Gasteiger partial charge on any atom is 0.333 e. The second-order valence-electron chi connectivity index (χ2n) is 6.25. The van der Waals surface area contributed by atoms with Gasteiger partial charge in [0.15, 0.2) is 0 Å². The molecular weight excluding hydrogens is 288 g/mol. The van der Waals surface area contributed by atoms with Gasteiger partial charge in [0.1, 0.15) is 0 Å². The third kappa shape index (κ3) is 3.31. The second-order valence-corrected chi connectivity index (χ2v) is 6.25. The Hall–Kier alpha value is -1.85. The standard InChI is InChI=1S/C16H24O6/c1-11(2)12(17)22-10-6-9-16(14(20)21)8-5-4-7-15(16,3)13(18)19/h1,4-10H2,2-3H3,(H,18,19)(H,20,21). The molecular formula is C16H24O6. The Morgan fingerprint density at radius 3 is 2.23 bits per heavy atom. The lowest BCUT2D eigenvalue weighted by Crippen LogP contribution is -2.53. The van der Waals surface area contributed by atoms with Crippen molar-refractivity contribution < 1.29 is 29.3 Å². The van der Waals surface area contributed by atoms with Crippen LogP contribution in [0.4, 0.5) is 0 Å². The number of hydrogen-bond donors (Lipinski definition) is 2. The van der Waals surface area contributed by atoms with Crippen LogP contribution in [0.2, 0.25) is 0 Å². The van der Waals surface area contributed by atoms with Crippen LogP contribution in [-0.2, 0) is 19.1 Å². The molecule has 0 radical (unpaired) electrons. The van der Waals surface area contributed by atoms with Crippen LogP contribution in [0.25, 0.3) is 0 Å². The first kappa shape index (κ1) is 18.2. The zero-order valence-electron chi connectivity index (χ0n) is 13.2. The molecule has 1 aliphatic rings. The molecule has 0 spiro atoms. The average molecular weight is 312 g/mol. The molecule has 1 saturated carbocycles. The molecule has 1 aliphatic carbocycles. The van der Waals surface area contributed by atoms with E-state index in [0.717, 1.165) is 0 Å². The van der Waals surface area contributed by atoms with Gasteiger partial charge in [-0.25, -0.2) is 4.79 Å². The number of rotatable bonds is 7. The molecule has 1 fully saturated rings. The minimum absolute atomic E-state index is 0.0659. The first-order valence-corrected chi connectivity index (χ1v) is 7.47. The molecule has 2 N–H and O–H groups in total. The van der Waals surface area contributed by atoms with Gasteiger partial charge in [0, 0.05) is 5.57 Å². The number of carboxylic acids is 2. The van der Waals surface area contributed by atoms with E-state index in [2.05, 4.69) is 6.58 Å². The molecule has 0 aromatic heterocycles. The molecule has 0 aliphatic heterocycles. The van der Waals surface area contributed by atoms with Crippen LogP contribution in [0.5, 0.6) is 0 Å². The number of esters is 1. The van der Waals surface area contributed by atoms with Crippen molar-refractivity contribution in [2.45, 2.75) is 52.4 Å². The van der Waals surface area contributed by atoms with E-state index in [4.69, 9.17) is 4.74 Å². The lowest BCUT2D eigenvalue weighted by molar-refractivity contribution is -0.179. The van der Waals surface area contributed by atoms with Crippen molar-refractivity contribution in [1.29, 1.82) is 0 Å². The van der Waals surface area contributed by atoms with Crippen LogP contribution in [0.15, 0.2) is 12.2 Å². The summed E-state index contributed by atoms with van der Waals surface area (Å²) in [7, 11) is 0. The van der Waals surface area contributed by atoms with Crippen LogP contribution in [0, 0.1) is 10.8 Å². The first-order valence-electron chi connectivity index (χ1n) is 7.47. The summed E-state index contributed by atoms with van der Waals surface area (Å²) in [5, 5.41) is 19.2. The highest BCUT2D eigenvalue weighted by atomic mass is 16.5. The van der Waals surface area contributed by atoms with Crippen LogP contribution < -0.4 is 0 Å². The van der Waals surface area contributed by atoms with Gasteiger partial charge in [0.25, 0.3) is 0 Å². The van der Waals surface area contributed by atoms with Crippen LogP contribution >= 0.6 is 0 Å². The van der Waals surface area contributed by atoms with E-state index < -0.39 is 28.7 Å². The third-order valence-corrected chi connectivity index (χ3v) is 4.80. The monoisotopic (exact) mass is 312 g/mol. The fraction of sp³-hybridized carbons (Fsp3) is 0.688. The molecule has 22 heavy (non-hydrogen) atoms. The molecule has 0 heterocycles. The number of carboxylic acid groups (broad SMARTS) is 2. The van der Waals surface area contributed by atoms with Gasteiger partial charge in [-0.2, -0.15) is 0 Å². The van der Waals surface area contributed by atoms with Gasteiger partial charge < -0.3 is 14.9 Å². The zero-order chi connectivity index (χ0) is 17.0. The Kier molecular flexibility index (Phi) is 5.74. The largest absolute Gasteiger partial charge is 0.481 e. The Morgan fingerprint density at radius 2 is 1.73 bits per heavy atom. The minimum atomic E-state index is -1.31. The number of aliphatic carboxylic acids is 2. The van der Waals surface area contributed by atoms with Gasteiger partial charge >= 0.3 is 17.9 Å². The van der Waals surface area contributed by atoms with E-state index in [-0.39, 0.29) is 18.6 Å². The van der Waals surface area contributed by atoms with Crippen molar-refractivity contribution in [2.24, 2.45) is 10.8 Å². The predicted molar refractivity (Wildman–Crippen MR) is 79.3 cm³/mol. The molecule has 0 saturated heterocycles. The highest BCUT2D eigenvalue weighted by Gasteiger charge is 2.58. The molecule has 2 unspecified atom stereocenters. The minimum Gasteiger partial charge on any atom is -0.481 e. The summed E-state index contributed by atoms with van der Waals surface area (Å²) in [6, 6.07) is 0. The van der Waals surface area contributed by atoms with E-state index in [1.165, 1.54) is 13.8 Å². The highest BCUT2D eigenvalue weighted by molar-refractivity contribution is 5.87. The maximum atomic E-state index is 11.8. The molecule has 6 heteroatoms. The van der Waals surface area contributed by atoms with Crippen molar-refractivity contribution >= 4 is 17.9 Å². The fourth-order valence-electron chi connectivity index (χ4n) is 3.24. The average Bonchev–Trinajstić information content (AvgIpc) is 2.44. The fourth-order valence-corrected chi connectivity index (χ4v) is 3.24. The van der Waals surface area contributed by atoms with Crippen LogP contribution in [0.3, 0.4) is 0 Å². The Morgan fingerprint density at radius 1 is 1.14 bits per heavy atom. The first-order chi connectivity index (χ1) is 10.2. The SMILES string of the molecule is C=C(C)C(=O)OCCCC1(C(=O)O)CCCCC1(C)C(=O)O. The summed E-state index contributed by atoms with van der Waals surface area (Å²) >= 11 is 0. The molecule has 2 atom stereocenters. The van der Waals surface area contributed by atoms with Gasteiger partial charge in [-0.05, 0) is 39.5 Å². The summed E-state index contributed by atoms with van der Waals surface area (Å²) < 4.78 is 4.97. The lowest BCUT2D eigenvalue weighted by Gasteiger charge is -2.46. The smallest absolute Gasteiger partial charge is 0.333 e. The van der Waals surface area contributed by atoms with Crippen molar-refractivity contribution in [3.63, 3.8) is 0 Å². The van der Waals surface area contributed by atoms with E-state index in [0.29, 0.717) is 32.1 Å². The molecule has 0 amide bonds.